The maximum Gasteiger partial charge on any atom is 0.161 e. The summed E-state index contributed by atoms with van der Waals surface area (Å²) < 4.78 is 10.7. The minimum atomic E-state index is -0.0228. The highest BCUT2D eigenvalue weighted by atomic mass is 16.5. The molecule has 6 rings (SSSR count). The van der Waals surface area contributed by atoms with E-state index in [0.29, 0.717) is 11.5 Å². The monoisotopic (exact) mass is 405 g/mol. The molecule has 0 amide bonds. The van der Waals surface area contributed by atoms with Crippen molar-refractivity contribution in [2.45, 2.75) is 0 Å². The highest BCUT2D eigenvalue weighted by Gasteiger charge is 2.51. The van der Waals surface area contributed by atoms with Crippen LogP contribution in [0.2, 0.25) is 0 Å². The summed E-state index contributed by atoms with van der Waals surface area (Å²) in [4.78, 5) is 7.52. The van der Waals surface area contributed by atoms with Crippen LogP contribution < -0.4 is 9.47 Å². The molecule has 4 aliphatic heterocycles. The molecule has 0 atom stereocenters. The van der Waals surface area contributed by atoms with Gasteiger partial charge in [0.15, 0.2) is 11.5 Å². The van der Waals surface area contributed by atoms with Gasteiger partial charge in [0, 0.05) is 19.6 Å². The van der Waals surface area contributed by atoms with Gasteiger partial charge < -0.3 is 9.47 Å². The van der Waals surface area contributed by atoms with Crippen LogP contribution in [0.3, 0.4) is 0 Å². The van der Waals surface area contributed by atoms with Gasteiger partial charge in [-0.3, -0.25) is 14.7 Å². The van der Waals surface area contributed by atoms with Crippen LogP contribution in [0.5, 0.6) is 11.5 Å². The number of rotatable bonds is 6. The van der Waals surface area contributed by atoms with E-state index in [1.54, 1.807) is 20.4 Å². The van der Waals surface area contributed by atoms with Crippen LogP contribution >= 0.6 is 0 Å². The fraction of sp³-hybridized carbons (Fsp3) is 0.391. The Balaban J connectivity index is 1.49. The third kappa shape index (κ3) is 3.49. The maximum atomic E-state index is 5.40. The number of ether oxygens (including phenoxy) is 2. The Hall–Kier alpha value is -2.74. The molecule has 0 aliphatic carbocycles. The van der Waals surface area contributed by atoms with Crippen LogP contribution in [-0.4, -0.2) is 80.5 Å². The molecule has 0 N–H and O–H groups in total. The third-order valence-electron chi connectivity index (χ3n) is 6.10. The highest BCUT2D eigenvalue weighted by Crippen LogP contribution is 2.38. The molecule has 7 nitrogen and oxygen atoms in total. The molecule has 4 heterocycles. The van der Waals surface area contributed by atoms with Crippen LogP contribution in [0.1, 0.15) is 11.1 Å². The summed E-state index contributed by atoms with van der Waals surface area (Å²) in [6.45, 7) is 6.23. The van der Waals surface area contributed by atoms with Gasteiger partial charge in [0.2, 0.25) is 0 Å². The van der Waals surface area contributed by atoms with Gasteiger partial charge in [0.1, 0.15) is 0 Å². The Kier molecular flexibility index (Phi) is 5.02. The lowest BCUT2D eigenvalue weighted by Gasteiger charge is -2.60. The van der Waals surface area contributed by atoms with E-state index in [1.165, 1.54) is 0 Å². The molecule has 0 radical (unpaired) electrons. The normalized spacial score (nSPS) is 30.1. The molecule has 4 saturated heterocycles. The van der Waals surface area contributed by atoms with Crippen molar-refractivity contribution in [3.63, 3.8) is 0 Å². The van der Waals surface area contributed by atoms with Crippen molar-refractivity contribution in [1.29, 1.82) is 0 Å². The second-order valence-electron chi connectivity index (χ2n) is 8.37. The van der Waals surface area contributed by atoms with Crippen molar-refractivity contribution in [3.05, 3.63) is 59.7 Å². The molecule has 0 aromatic heterocycles. The molecule has 2 aromatic carbocycles. The second-order valence-corrected chi connectivity index (χ2v) is 8.37. The highest BCUT2D eigenvalue weighted by molar-refractivity contribution is 6.05. The van der Waals surface area contributed by atoms with E-state index in [-0.39, 0.29) is 5.41 Å². The van der Waals surface area contributed by atoms with E-state index in [1.807, 2.05) is 24.3 Å². The van der Waals surface area contributed by atoms with Gasteiger partial charge in [0.25, 0.3) is 0 Å². The van der Waals surface area contributed by atoms with Crippen molar-refractivity contribution >= 4 is 11.9 Å². The van der Waals surface area contributed by atoms with Gasteiger partial charge in [-0.15, -0.1) is 0 Å². The smallest absolute Gasteiger partial charge is 0.161 e. The lowest BCUT2D eigenvalue weighted by atomic mass is 9.74. The SMILES string of the molecule is COc1ccc(/C=N/N=C(/c2ccccc2)C23CN4CN(CN(C4)C2)C3)cc1OC. The standard InChI is InChI=1S/C23H27N5O2/c1-29-20-9-8-18(10-21(20)30-2)11-24-25-22(19-6-4-3-5-7-19)23-12-26-15-27(13-23)17-28(14-23)16-26/h3-11H,12-17H2,1-2H3/b24-11+,25-22-. The zero-order valence-corrected chi connectivity index (χ0v) is 17.5. The summed E-state index contributed by atoms with van der Waals surface area (Å²) in [6, 6.07) is 16.2. The van der Waals surface area contributed by atoms with Gasteiger partial charge in [0.05, 0.1) is 51.6 Å². The van der Waals surface area contributed by atoms with Crippen LogP contribution in [-0.2, 0) is 0 Å². The number of nitrogens with zero attached hydrogens (tertiary/aromatic N) is 5. The van der Waals surface area contributed by atoms with Crippen molar-refractivity contribution < 1.29 is 9.47 Å². The van der Waals surface area contributed by atoms with E-state index in [4.69, 9.17) is 14.6 Å². The molecule has 7 heteroatoms. The summed E-state index contributed by atoms with van der Waals surface area (Å²) in [5.74, 6) is 1.39. The second kappa shape index (κ2) is 7.83. The van der Waals surface area contributed by atoms with Crippen molar-refractivity contribution in [3.8, 4) is 11.5 Å². The van der Waals surface area contributed by atoms with E-state index in [0.717, 1.165) is 56.5 Å². The van der Waals surface area contributed by atoms with E-state index < -0.39 is 0 Å². The lowest BCUT2D eigenvalue weighted by molar-refractivity contribution is -0.149. The molecule has 2 aromatic rings. The zero-order chi connectivity index (χ0) is 20.6. The molecule has 4 fully saturated rings. The Morgan fingerprint density at radius 1 is 0.867 bits per heavy atom. The van der Waals surface area contributed by atoms with Crippen LogP contribution in [0.15, 0.2) is 58.7 Å². The minimum absolute atomic E-state index is 0.0228. The fourth-order valence-electron chi connectivity index (χ4n) is 5.09. The predicted molar refractivity (Wildman–Crippen MR) is 117 cm³/mol. The van der Waals surface area contributed by atoms with E-state index in [9.17, 15) is 0 Å². The van der Waals surface area contributed by atoms with E-state index in [2.05, 4.69) is 44.1 Å². The largest absolute Gasteiger partial charge is 0.493 e. The number of benzene rings is 2. The topological polar surface area (TPSA) is 52.9 Å². The summed E-state index contributed by atoms with van der Waals surface area (Å²) >= 11 is 0. The lowest BCUT2D eigenvalue weighted by Crippen LogP contribution is -2.74. The molecular weight excluding hydrogens is 378 g/mol. The Labute approximate surface area is 177 Å². The molecule has 4 bridgehead atoms. The summed E-state index contributed by atoms with van der Waals surface area (Å²) in [7, 11) is 3.27. The van der Waals surface area contributed by atoms with Crippen LogP contribution in [0.25, 0.3) is 0 Å². The van der Waals surface area contributed by atoms with Crippen molar-refractivity contribution in [2.75, 3.05) is 53.9 Å². The number of methoxy groups -OCH3 is 2. The minimum Gasteiger partial charge on any atom is -0.493 e. The predicted octanol–water partition coefficient (Wildman–Crippen LogP) is 2.33. The Bertz CT molecular complexity index is 938. The first kappa shape index (κ1) is 19.2. The summed E-state index contributed by atoms with van der Waals surface area (Å²) in [5, 5.41) is 9.33. The summed E-state index contributed by atoms with van der Waals surface area (Å²) in [6.07, 6.45) is 1.78. The molecule has 0 unspecified atom stereocenters. The van der Waals surface area contributed by atoms with Gasteiger partial charge in [-0.1, -0.05) is 30.3 Å². The quantitative estimate of drug-likeness (QED) is 0.545. The third-order valence-corrected chi connectivity index (χ3v) is 6.10. The first-order valence-corrected chi connectivity index (χ1v) is 10.3. The molecule has 30 heavy (non-hydrogen) atoms. The molecule has 156 valence electrons. The Morgan fingerprint density at radius 3 is 2.10 bits per heavy atom. The Morgan fingerprint density at radius 2 is 1.50 bits per heavy atom. The van der Waals surface area contributed by atoms with Crippen molar-refractivity contribution in [1.82, 2.24) is 14.7 Å². The fourth-order valence-corrected chi connectivity index (χ4v) is 5.09. The molecule has 4 aliphatic rings. The van der Waals surface area contributed by atoms with Crippen LogP contribution in [0, 0.1) is 5.41 Å². The molecule has 0 saturated carbocycles. The van der Waals surface area contributed by atoms with Gasteiger partial charge in [-0.25, -0.2) is 0 Å². The first-order chi connectivity index (χ1) is 14.7. The average molecular weight is 406 g/mol. The average Bonchev–Trinajstić information content (AvgIpc) is 2.76. The number of hydrogen-bond donors (Lipinski definition) is 0. The summed E-state index contributed by atoms with van der Waals surface area (Å²) in [5.41, 5.74) is 3.11. The number of hydrogen-bond acceptors (Lipinski definition) is 7. The van der Waals surface area contributed by atoms with Gasteiger partial charge in [-0.05, 0) is 29.3 Å². The zero-order valence-electron chi connectivity index (χ0n) is 17.5. The van der Waals surface area contributed by atoms with Gasteiger partial charge >= 0.3 is 0 Å². The molecule has 0 spiro atoms. The van der Waals surface area contributed by atoms with Crippen molar-refractivity contribution in [2.24, 2.45) is 15.6 Å². The van der Waals surface area contributed by atoms with E-state index >= 15 is 0 Å². The van der Waals surface area contributed by atoms with Gasteiger partial charge in [-0.2, -0.15) is 10.2 Å². The first-order valence-electron chi connectivity index (χ1n) is 10.3. The maximum absolute atomic E-state index is 5.40. The van der Waals surface area contributed by atoms with Crippen LogP contribution in [0.4, 0.5) is 0 Å². The molecular formula is C23H27N5O2.